The van der Waals surface area contributed by atoms with E-state index in [0.717, 1.165) is 6.07 Å². The van der Waals surface area contributed by atoms with Crippen LogP contribution in [0.3, 0.4) is 0 Å². The largest absolute Gasteiger partial charge is 0.311 e. The summed E-state index contributed by atoms with van der Waals surface area (Å²) in [7, 11) is -0.194. The summed E-state index contributed by atoms with van der Waals surface area (Å²) in [5.41, 5.74) is 0.527. The maximum atomic E-state index is 13.3. The Hall–Kier alpha value is -0.743. The van der Waals surface area contributed by atoms with E-state index in [2.05, 4.69) is 26.1 Å². The van der Waals surface area contributed by atoms with Gasteiger partial charge in [0.2, 0.25) is 0 Å². The van der Waals surface area contributed by atoms with Crippen molar-refractivity contribution in [2.24, 2.45) is 0 Å². The standard InChI is InChI=1S/C12H19F2NSi/c1-4-16-12(2,3)15-8-9-5-6-10(13)7-11(9)14/h5-7,15H,4,8,16H2,1-3H3. The van der Waals surface area contributed by atoms with Crippen LogP contribution < -0.4 is 5.32 Å². The highest BCUT2D eigenvalue weighted by atomic mass is 28.2. The molecule has 0 fully saturated rings. The third-order valence-electron chi connectivity index (χ3n) is 2.65. The number of benzene rings is 1. The molecule has 0 heterocycles. The molecule has 1 aromatic rings. The van der Waals surface area contributed by atoms with Crippen LogP contribution in [-0.2, 0) is 6.54 Å². The van der Waals surface area contributed by atoms with E-state index in [0.29, 0.717) is 12.1 Å². The smallest absolute Gasteiger partial charge is 0.130 e. The van der Waals surface area contributed by atoms with E-state index in [1.807, 2.05) is 0 Å². The third-order valence-corrected chi connectivity index (χ3v) is 4.65. The van der Waals surface area contributed by atoms with E-state index in [9.17, 15) is 8.78 Å². The molecule has 0 amide bonds. The van der Waals surface area contributed by atoms with Crippen LogP contribution >= 0.6 is 0 Å². The second-order valence-electron chi connectivity index (χ2n) is 4.72. The van der Waals surface area contributed by atoms with Gasteiger partial charge in [0.05, 0.1) is 0 Å². The van der Waals surface area contributed by atoms with E-state index in [4.69, 9.17) is 0 Å². The molecule has 0 radical (unpaired) electrons. The highest BCUT2D eigenvalue weighted by Crippen LogP contribution is 2.11. The van der Waals surface area contributed by atoms with Crippen molar-refractivity contribution in [3.63, 3.8) is 0 Å². The fourth-order valence-corrected chi connectivity index (χ4v) is 3.26. The highest BCUT2D eigenvalue weighted by Gasteiger charge is 2.16. The van der Waals surface area contributed by atoms with Gasteiger partial charge in [0.25, 0.3) is 0 Å². The lowest BCUT2D eigenvalue weighted by Crippen LogP contribution is -2.44. The van der Waals surface area contributed by atoms with Crippen molar-refractivity contribution in [2.45, 2.75) is 38.5 Å². The van der Waals surface area contributed by atoms with Gasteiger partial charge in [-0.1, -0.05) is 32.9 Å². The summed E-state index contributed by atoms with van der Waals surface area (Å²) in [6.45, 7) is 6.93. The van der Waals surface area contributed by atoms with Crippen LogP contribution in [0.1, 0.15) is 26.3 Å². The molecule has 0 aliphatic heterocycles. The van der Waals surface area contributed by atoms with E-state index in [-0.39, 0.29) is 14.7 Å². The first-order valence-electron chi connectivity index (χ1n) is 5.63. The van der Waals surface area contributed by atoms with Gasteiger partial charge < -0.3 is 5.32 Å². The van der Waals surface area contributed by atoms with Gasteiger partial charge in [-0.2, -0.15) is 0 Å². The van der Waals surface area contributed by atoms with Crippen LogP contribution in [0.4, 0.5) is 8.78 Å². The van der Waals surface area contributed by atoms with Crippen molar-refractivity contribution in [1.29, 1.82) is 0 Å². The molecule has 1 rings (SSSR count). The summed E-state index contributed by atoms with van der Waals surface area (Å²) in [5.74, 6) is -0.995. The topological polar surface area (TPSA) is 12.0 Å². The molecule has 0 spiro atoms. The Labute approximate surface area is 98.1 Å². The van der Waals surface area contributed by atoms with Crippen LogP contribution in [0.5, 0.6) is 0 Å². The summed E-state index contributed by atoms with van der Waals surface area (Å²) in [5, 5.41) is 3.46. The zero-order valence-corrected chi connectivity index (χ0v) is 11.5. The van der Waals surface area contributed by atoms with Crippen molar-refractivity contribution in [2.75, 3.05) is 0 Å². The molecule has 0 bridgehead atoms. The molecule has 1 N–H and O–H groups in total. The highest BCUT2D eigenvalue weighted by molar-refractivity contribution is 6.39. The lowest BCUT2D eigenvalue weighted by molar-refractivity contribution is 0.501. The minimum atomic E-state index is -0.525. The Morgan fingerprint density at radius 3 is 2.56 bits per heavy atom. The fourth-order valence-electron chi connectivity index (χ4n) is 1.71. The molecule has 16 heavy (non-hydrogen) atoms. The van der Waals surface area contributed by atoms with Crippen LogP contribution in [0, 0.1) is 11.6 Å². The molecule has 1 aromatic carbocycles. The average molecular weight is 243 g/mol. The normalized spacial score (nSPS) is 12.6. The summed E-state index contributed by atoms with van der Waals surface area (Å²) >= 11 is 0. The van der Waals surface area contributed by atoms with Crippen LogP contribution in [0.2, 0.25) is 6.04 Å². The molecule has 90 valence electrons. The summed E-state index contributed by atoms with van der Waals surface area (Å²) in [4.78, 5) is 0. The van der Waals surface area contributed by atoms with Gasteiger partial charge in [0.1, 0.15) is 11.6 Å². The Morgan fingerprint density at radius 2 is 2.00 bits per heavy atom. The van der Waals surface area contributed by atoms with Crippen LogP contribution in [0.15, 0.2) is 18.2 Å². The minimum absolute atomic E-state index is 0.121. The van der Waals surface area contributed by atoms with Gasteiger partial charge in [-0.25, -0.2) is 8.78 Å². The molecule has 1 nitrogen and oxygen atoms in total. The van der Waals surface area contributed by atoms with Crippen LogP contribution in [-0.4, -0.2) is 14.7 Å². The molecule has 0 aromatic heterocycles. The zero-order valence-electron chi connectivity index (χ0n) is 10.1. The van der Waals surface area contributed by atoms with Gasteiger partial charge >= 0.3 is 0 Å². The van der Waals surface area contributed by atoms with E-state index in [1.54, 1.807) is 0 Å². The lowest BCUT2D eigenvalue weighted by atomic mass is 10.2. The molecular weight excluding hydrogens is 224 g/mol. The molecule has 0 aliphatic rings. The maximum absolute atomic E-state index is 13.3. The fraction of sp³-hybridized carbons (Fsp3) is 0.500. The molecular formula is C12H19F2NSi. The molecule has 0 saturated heterocycles. The first-order chi connectivity index (χ1) is 7.44. The van der Waals surface area contributed by atoms with Crippen molar-refractivity contribution in [3.05, 3.63) is 35.4 Å². The number of hydrogen-bond donors (Lipinski definition) is 1. The summed E-state index contributed by atoms with van der Waals surface area (Å²) < 4.78 is 26.0. The van der Waals surface area contributed by atoms with Gasteiger partial charge in [-0.3, -0.25) is 0 Å². The quantitative estimate of drug-likeness (QED) is 0.783. The first-order valence-corrected chi connectivity index (χ1v) is 7.34. The van der Waals surface area contributed by atoms with Gasteiger partial charge in [0.15, 0.2) is 0 Å². The third kappa shape index (κ3) is 4.02. The van der Waals surface area contributed by atoms with Crippen LogP contribution in [0.25, 0.3) is 0 Å². The Morgan fingerprint density at radius 1 is 1.31 bits per heavy atom. The SMILES string of the molecule is CC[SiH2]C(C)(C)NCc1ccc(F)cc1F. The number of rotatable bonds is 5. The first kappa shape index (κ1) is 13.3. The van der Waals surface area contributed by atoms with E-state index < -0.39 is 11.6 Å². The summed E-state index contributed by atoms with van der Waals surface area (Å²) in [6.07, 6.45) is 0. The van der Waals surface area contributed by atoms with Crippen molar-refractivity contribution < 1.29 is 8.78 Å². The number of nitrogens with one attached hydrogen (secondary N) is 1. The lowest BCUT2D eigenvalue weighted by Gasteiger charge is -2.25. The molecule has 0 unspecified atom stereocenters. The van der Waals surface area contributed by atoms with Crippen molar-refractivity contribution in [3.8, 4) is 0 Å². The molecule has 0 atom stereocenters. The predicted molar refractivity (Wildman–Crippen MR) is 66.3 cm³/mol. The second kappa shape index (κ2) is 5.55. The zero-order chi connectivity index (χ0) is 12.2. The number of halogens is 2. The monoisotopic (exact) mass is 243 g/mol. The number of hydrogen-bond acceptors (Lipinski definition) is 1. The average Bonchev–Trinajstić information content (AvgIpc) is 2.16. The van der Waals surface area contributed by atoms with Crippen molar-refractivity contribution >= 4 is 9.52 Å². The Balaban J connectivity index is 2.61. The second-order valence-corrected chi connectivity index (χ2v) is 7.99. The summed E-state index contributed by atoms with van der Waals surface area (Å²) in [6, 6.07) is 4.94. The van der Waals surface area contributed by atoms with Crippen molar-refractivity contribution in [1.82, 2.24) is 5.32 Å². The Bertz CT molecular complexity index is 353. The van der Waals surface area contributed by atoms with Gasteiger partial charge in [0, 0.05) is 27.7 Å². The molecule has 0 aliphatic carbocycles. The molecule has 4 heteroatoms. The predicted octanol–water partition coefficient (Wildman–Crippen LogP) is 2.40. The van der Waals surface area contributed by atoms with E-state index in [1.165, 1.54) is 18.2 Å². The van der Waals surface area contributed by atoms with Gasteiger partial charge in [-0.15, -0.1) is 0 Å². The van der Waals surface area contributed by atoms with E-state index >= 15 is 0 Å². The Kier molecular flexibility index (Phi) is 4.62. The van der Waals surface area contributed by atoms with Gasteiger partial charge in [-0.05, 0) is 11.2 Å². The minimum Gasteiger partial charge on any atom is -0.311 e. The maximum Gasteiger partial charge on any atom is 0.130 e. The molecule has 0 saturated carbocycles.